The fraction of sp³-hybridized carbons (Fsp3) is 0.273. The summed E-state index contributed by atoms with van der Waals surface area (Å²) in [5, 5.41) is 6.80. The molecular weight excluding hydrogens is 438 g/mol. The lowest BCUT2D eigenvalue weighted by Crippen LogP contribution is -2.51. The van der Waals surface area contributed by atoms with Gasteiger partial charge in [0.15, 0.2) is 9.84 Å². The van der Waals surface area contributed by atoms with Gasteiger partial charge in [-0.3, -0.25) is 9.59 Å². The zero-order valence-electron chi connectivity index (χ0n) is 16.6. The van der Waals surface area contributed by atoms with E-state index in [1.807, 2.05) is 30.5 Å². The Morgan fingerprint density at radius 3 is 2.61 bits per heavy atom. The number of benzene rings is 2. The average Bonchev–Trinajstić information content (AvgIpc) is 3.30. The maximum Gasteiger partial charge on any atom is 0.253 e. The molecule has 1 aliphatic rings. The summed E-state index contributed by atoms with van der Waals surface area (Å²) in [6.07, 6.45) is 2.42. The van der Waals surface area contributed by atoms with Crippen molar-refractivity contribution in [2.75, 3.05) is 11.5 Å². The number of fused-ring (bicyclic) bond motifs is 1. The minimum absolute atomic E-state index is 0.0526. The Bertz CT molecular complexity index is 1240. The minimum atomic E-state index is -3.14. The Morgan fingerprint density at radius 1 is 1.13 bits per heavy atom. The van der Waals surface area contributed by atoms with Gasteiger partial charge in [-0.2, -0.15) is 0 Å². The summed E-state index contributed by atoms with van der Waals surface area (Å²) < 4.78 is 23.5. The van der Waals surface area contributed by atoms with Crippen LogP contribution in [0.3, 0.4) is 0 Å². The van der Waals surface area contributed by atoms with E-state index in [2.05, 4.69) is 15.6 Å². The van der Waals surface area contributed by atoms with E-state index in [0.29, 0.717) is 6.42 Å². The third kappa shape index (κ3) is 4.91. The van der Waals surface area contributed by atoms with Gasteiger partial charge in [-0.15, -0.1) is 0 Å². The number of halogens is 1. The van der Waals surface area contributed by atoms with Gasteiger partial charge in [0, 0.05) is 29.6 Å². The number of sulfone groups is 1. The first kappa shape index (κ1) is 21.4. The number of hydrogen-bond acceptors (Lipinski definition) is 4. The molecule has 2 aromatic carbocycles. The van der Waals surface area contributed by atoms with Crippen molar-refractivity contribution in [2.45, 2.75) is 24.9 Å². The first-order chi connectivity index (χ1) is 14.8. The number of carbonyl (C=O) groups excluding carboxylic acids is 2. The first-order valence-corrected chi connectivity index (χ1v) is 12.1. The number of aromatic amines is 1. The lowest BCUT2D eigenvalue weighted by Gasteiger charge is -2.21. The molecule has 3 aromatic rings. The van der Waals surface area contributed by atoms with Crippen LogP contribution >= 0.6 is 11.6 Å². The van der Waals surface area contributed by atoms with Crippen molar-refractivity contribution >= 4 is 44.2 Å². The first-order valence-electron chi connectivity index (χ1n) is 9.93. The number of hydrogen-bond donors (Lipinski definition) is 3. The Labute approximate surface area is 185 Å². The van der Waals surface area contributed by atoms with Gasteiger partial charge >= 0.3 is 0 Å². The molecule has 0 saturated carbocycles. The highest BCUT2D eigenvalue weighted by Gasteiger charge is 2.32. The van der Waals surface area contributed by atoms with Crippen LogP contribution in [0.1, 0.15) is 22.3 Å². The molecule has 1 aromatic heterocycles. The van der Waals surface area contributed by atoms with E-state index in [-0.39, 0.29) is 28.5 Å². The summed E-state index contributed by atoms with van der Waals surface area (Å²) in [6, 6.07) is 12.9. The summed E-state index contributed by atoms with van der Waals surface area (Å²) >= 11 is 6.14. The van der Waals surface area contributed by atoms with Crippen molar-refractivity contribution in [3.63, 3.8) is 0 Å². The van der Waals surface area contributed by atoms with E-state index in [9.17, 15) is 18.0 Å². The van der Waals surface area contributed by atoms with Gasteiger partial charge < -0.3 is 15.6 Å². The molecule has 0 radical (unpaired) electrons. The predicted molar refractivity (Wildman–Crippen MR) is 120 cm³/mol. The molecule has 0 spiro atoms. The highest BCUT2D eigenvalue weighted by Crippen LogP contribution is 2.20. The SMILES string of the molecule is O=C(NC(Cc1c[nH]c2ccccc12)C(=O)NC1CCS(=O)(=O)C1)c1ccccc1Cl. The topological polar surface area (TPSA) is 108 Å². The molecule has 162 valence electrons. The van der Waals surface area contributed by atoms with Gasteiger partial charge in [-0.25, -0.2) is 8.42 Å². The maximum absolute atomic E-state index is 13.1. The molecule has 31 heavy (non-hydrogen) atoms. The molecule has 1 saturated heterocycles. The summed E-state index contributed by atoms with van der Waals surface area (Å²) in [7, 11) is -3.14. The molecule has 0 aliphatic carbocycles. The summed E-state index contributed by atoms with van der Waals surface area (Å²) in [5.74, 6) is -0.925. The second kappa shape index (κ2) is 8.72. The minimum Gasteiger partial charge on any atom is -0.361 e. The lowest BCUT2D eigenvalue weighted by atomic mass is 10.0. The standard InChI is InChI=1S/C22H22ClN3O4S/c23-18-7-3-1-6-17(18)21(27)26-20(22(28)25-15-9-10-31(29,30)13-15)11-14-12-24-19-8-4-2-5-16(14)19/h1-8,12,15,20,24H,9-11,13H2,(H,25,28)(H,26,27). The summed E-state index contributed by atoms with van der Waals surface area (Å²) in [4.78, 5) is 29.1. The van der Waals surface area contributed by atoms with Gasteiger partial charge in [0.2, 0.25) is 5.91 Å². The van der Waals surface area contributed by atoms with Crippen LogP contribution in [-0.4, -0.2) is 48.8 Å². The van der Waals surface area contributed by atoms with Crippen LogP contribution in [0.4, 0.5) is 0 Å². The predicted octanol–water partition coefficient (Wildman–Crippen LogP) is 2.47. The fourth-order valence-corrected chi connectivity index (χ4v) is 5.72. The third-order valence-corrected chi connectivity index (χ3v) is 7.52. The van der Waals surface area contributed by atoms with Crippen molar-refractivity contribution in [3.05, 3.63) is 70.9 Å². The molecule has 1 fully saturated rings. The molecule has 2 amide bonds. The van der Waals surface area contributed by atoms with Gasteiger partial charge in [-0.05, 0) is 30.2 Å². The van der Waals surface area contributed by atoms with Crippen molar-refractivity contribution in [3.8, 4) is 0 Å². The Morgan fingerprint density at radius 2 is 1.87 bits per heavy atom. The zero-order valence-corrected chi connectivity index (χ0v) is 18.2. The van der Waals surface area contributed by atoms with E-state index in [1.165, 1.54) is 0 Å². The van der Waals surface area contributed by atoms with Crippen molar-refractivity contribution in [1.29, 1.82) is 0 Å². The maximum atomic E-state index is 13.1. The van der Waals surface area contributed by atoms with Gasteiger partial charge in [0.1, 0.15) is 6.04 Å². The zero-order chi connectivity index (χ0) is 22.0. The number of rotatable bonds is 6. The number of H-pyrrole nitrogens is 1. The highest BCUT2D eigenvalue weighted by molar-refractivity contribution is 7.91. The number of amides is 2. The Hall–Kier alpha value is -2.84. The van der Waals surface area contributed by atoms with Crippen LogP contribution < -0.4 is 10.6 Å². The van der Waals surface area contributed by atoms with Crippen LogP contribution in [0.5, 0.6) is 0 Å². The number of aromatic nitrogens is 1. The van der Waals surface area contributed by atoms with Crippen LogP contribution in [0.25, 0.3) is 10.9 Å². The van der Waals surface area contributed by atoms with Gasteiger partial charge in [0.25, 0.3) is 5.91 Å². The molecule has 4 rings (SSSR count). The third-order valence-electron chi connectivity index (χ3n) is 5.42. The van der Waals surface area contributed by atoms with Gasteiger partial charge in [0.05, 0.1) is 22.1 Å². The molecule has 3 N–H and O–H groups in total. The second-order valence-electron chi connectivity index (χ2n) is 7.68. The molecule has 7 nitrogen and oxygen atoms in total. The fourth-order valence-electron chi connectivity index (χ4n) is 3.82. The van der Waals surface area contributed by atoms with E-state index < -0.39 is 33.7 Å². The average molecular weight is 460 g/mol. The molecule has 9 heteroatoms. The van der Waals surface area contributed by atoms with Gasteiger partial charge in [-0.1, -0.05) is 41.9 Å². The molecule has 1 aliphatic heterocycles. The van der Waals surface area contributed by atoms with Crippen molar-refractivity contribution in [2.24, 2.45) is 0 Å². The summed E-state index contributed by atoms with van der Waals surface area (Å²) in [5.41, 5.74) is 2.06. The van der Waals surface area contributed by atoms with E-state index in [0.717, 1.165) is 16.5 Å². The number of nitrogens with one attached hydrogen (secondary N) is 3. The molecule has 2 atom stereocenters. The molecule has 2 unspecified atom stereocenters. The number of para-hydroxylation sites is 1. The highest BCUT2D eigenvalue weighted by atomic mass is 35.5. The lowest BCUT2D eigenvalue weighted by molar-refractivity contribution is -0.123. The second-order valence-corrected chi connectivity index (χ2v) is 10.3. The van der Waals surface area contributed by atoms with E-state index in [4.69, 9.17) is 11.6 Å². The van der Waals surface area contributed by atoms with Crippen LogP contribution in [0.2, 0.25) is 5.02 Å². The summed E-state index contributed by atoms with van der Waals surface area (Å²) in [6.45, 7) is 0. The van der Waals surface area contributed by atoms with Crippen LogP contribution in [-0.2, 0) is 21.1 Å². The quantitative estimate of drug-likeness (QED) is 0.526. The molecule has 2 heterocycles. The monoisotopic (exact) mass is 459 g/mol. The molecular formula is C22H22ClN3O4S. The number of carbonyl (C=O) groups is 2. The van der Waals surface area contributed by atoms with Crippen LogP contribution in [0, 0.1) is 0 Å². The van der Waals surface area contributed by atoms with Crippen molar-refractivity contribution in [1.82, 2.24) is 15.6 Å². The smallest absolute Gasteiger partial charge is 0.253 e. The Balaban J connectivity index is 1.57. The normalized spacial score (nSPS) is 18.5. The Kier molecular flexibility index (Phi) is 6.02. The van der Waals surface area contributed by atoms with Crippen LogP contribution in [0.15, 0.2) is 54.7 Å². The van der Waals surface area contributed by atoms with Crippen molar-refractivity contribution < 1.29 is 18.0 Å². The molecule has 0 bridgehead atoms. The van der Waals surface area contributed by atoms with E-state index >= 15 is 0 Å². The van der Waals surface area contributed by atoms with E-state index in [1.54, 1.807) is 24.3 Å². The largest absolute Gasteiger partial charge is 0.361 e.